The van der Waals surface area contributed by atoms with E-state index in [0.29, 0.717) is 18.6 Å². The van der Waals surface area contributed by atoms with Crippen LogP contribution in [-0.2, 0) is 10.2 Å². The van der Waals surface area contributed by atoms with Gasteiger partial charge in [-0.15, -0.1) is 0 Å². The van der Waals surface area contributed by atoms with E-state index in [0.717, 1.165) is 17.5 Å². The van der Waals surface area contributed by atoms with Crippen molar-refractivity contribution in [2.24, 2.45) is 0 Å². The summed E-state index contributed by atoms with van der Waals surface area (Å²) in [6, 6.07) is 16.8. The first-order valence-corrected chi connectivity index (χ1v) is 8.43. The molecule has 130 valence electrons. The first-order valence-electron chi connectivity index (χ1n) is 8.43. The smallest absolute Gasteiger partial charge is 0.212 e. The second-order valence-corrected chi connectivity index (χ2v) is 6.42. The second kappa shape index (κ2) is 7.05. The summed E-state index contributed by atoms with van der Waals surface area (Å²) < 4.78 is 5.45. The first kappa shape index (κ1) is 17.1. The lowest BCUT2D eigenvalue weighted by Crippen LogP contribution is -2.41. The summed E-state index contributed by atoms with van der Waals surface area (Å²) in [5, 5.41) is 11.5. The van der Waals surface area contributed by atoms with Crippen molar-refractivity contribution >= 4 is 5.78 Å². The van der Waals surface area contributed by atoms with Gasteiger partial charge in [-0.3, -0.25) is 14.9 Å². The molecule has 1 fully saturated rings. The van der Waals surface area contributed by atoms with Crippen molar-refractivity contribution in [3.05, 3.63) is 75.8 Å². The summed E-state index contributed by atoms with van der Waals surface area (Å²) >= 11 is 0. The van der Waals surface area contributed by atoms with E-state index in [4.69, 9.17) is 4.74 Å². The lowest BCUT2D eigenvalue weighted by molar-refractivity contribution is -0.485. The average Bonchev–Trinajstić information content (AvgIpc) is 3.02. The molecule has 25 heavy (non-hydrogen) atoms. The fourth-order valence-corrected chi connectivity index (χ4v) is 4.12. The summed E-state index contributed by atoms with van der Waals surface area (Å²) in [4.78, 5) is 24.2. The van der Waals surface area contributed by atoms with Crippen molar-refractivity contribution in [1.82, 2.24) is 0 Å². The molecular formula is C20H21NO4. The molecule has 2 aromatic rings. The number of ketones is 1. The maximum atomic E-state index is 13.0. The highest BCUT2D eigenvalue weighted by molar-refractivity contribution is 5.93. The minimum absolute atomic E-state index is 0.0801. The number of carbonyl (C=O) groups is 1. The lowest BCUT2D eigenvalue weighted by Gasteiger charge is -2.35. The Bertz CT molecular complexity index is 774. The van der Waals surface area contributed by atoms with Crippen molar-refractivity contribution < 1.29 is 14.5 Å². The molecule has 0 aromatic heterocycles. The van der Waals surface area contributed by atoms with Crippen LogP contribution in [0.3, 0.4) is 0 Å². The van der Waals surface area contributed by atoms with E-state index in [-0.39, 0.29) is 17.3 Å². The molecule has 0 amide bonds. The number of carbonyl (C=O) groups excluding carboxylic acids is 1. The highest BCUT2D eigenvalue weighted by atomic mass is 16.6. The van der Waals surface area contributed by atoms with Gasteiger partial charge < -0.3 is 4.74 Å². The number of benzene rings is 2. The first-order chi connectivity index (χ1) is 12.1. The Balaban J connectivity index is 2.22. The highest BCUT2D eigenvalue weighted by Gasteiger charge is 2.52. The van der Waals surface area contributed by atoms with Gasteiger partial charge in [-0.25, -0.2) is 0 Å². The largest absolute Gasteiger partial charge is 0.496 e. The van der Waals surface area contributed by atoms with Crippen LogP contribution >= 0.6 is 0 Å². The van der Waals surface area contributed by atoms with E-state index in [9.17, 15) is 14.9 Å². The normalized spacial score (nSPS) is 21.1. The quantitative estimate of drug-likeness (QED) is 0.594. The molecule has 5 nitrogen and oxygen atoms in total. The minimum atomic E-state index is -0.872. The van der Waals surface area contributed by atoms with Crippen molar-refractivity contribution in [3.8, 4) is 5.75 Å². The number of methoxy groups -OCH3 is 1. The third-order valence-corrected chi connectivity index (χ3v) is 5.20. The predicted octanol–water partition coefficient (Wildman–Crippen LogP) is 3.75. The molecule has 1 aliphatic carbocycles. The minimum Gasteiger partial charge on any atom is -0.496 e. The summed E-state index contributed by atoms with van der Waals surface area (Å²) in [5.74, 6) is 0.108. The zero-order chi connectivity index (χ0) is 17.9. The molecule has 0 unspecified atom stereocenters. The van der Waals surface area contributed by atoms with Crippen LogP contribution in [0.1, 0.15) is 36.3 Å². The van der Waals surface area contributed by atoms with Crippen LogP contribution in [0.2, 0.25) is 0 Å². The van der Waals surface area contributed by atoms with Crippen LogP contribution in [0.4, 0.5) is 0 Å². The van der Waals surface area contributed by atoms with Gasteiger partial charge >= 0.3 is 0 Å². The monoisotopic (exact) mass is 339 g/mol. The maximum Gasteiger partial charge on any atom is 0.212 e. The third-order valence-electron chi connectivity index (χ3n) is 5.20. The van der Waals surface area contributed by atoms with E-state index in [1.807, 2.05) is 48.5 Å². The van der Waals surface area contributed by atoms with E-state index in [2.05, 4.69) is 0 Å². The van der Waals surface area contributed by atoms with Gasteiger partial charge in [0.05, 0.1) is 18.4 Å². The molecule has 5 heteroatoms. The maximum absolute atomic E-state index is 13.0. The molecule has 0 N–H and O–H groups in total. The highest BCUT2D eigenvalue weighted by Crippen LogP contribution is 2.50. The fraction of sp³-hybridized carbons (Fsp3) is 0.350. The SMILES string of the molecule is COc1ccccc1[C@H](C[N+](=O)[O-])[C@]1(c2ccccc2)CCCC1=O. The fourth-order valence-electron chi connectivity index (χ4n) is 4.12. The van der Waals surface area contributed by atoms with Crippen LogP contribution in [-0.4, -0.2) is 24.4 Å². The zero-order valence-electron chi connectivity index (χ0n) is 14.2. The van der Waals surface area contributed by atoms with E-state index < -0.39 is 11.3 Å². The standard InChI is InChI=1S/C20H21NO4/c1-25-18-11-6-5-10-16(18)17(14-21(23)24)20(13-7-12-19(20)22)15-8-3-2-4-9-15/h2-6,8-11,17H,7,12-14H2,1H3/t17-,20+/m0/s1. The van der Waals surface area contributed by atoms with Gasteiger partial charge in [0.15, 0.2) is 0 Å². The Morgan fingerprint density at radius 1 is 1.16 bits per heavy atom. The number of ether oxygens (including phenoxy) is 1. The number of para-hydroxylation sites is 1. The van der Waals surface area contributed by atoms with E-state index >= 15 is 0 Å². The van der Waals surface area contributed by atoms with Gasteiger partial charge in [-0.2, -0.15) is 0 Å². The molecule has 0 radical (unpaired) electrons. The zero-order valence-corrected chi connectivity index (χ0v) is 14.2. The molecule has 0 saturated heterocycles. The number of hydrogen-bond donors (Lipinski definition) is 0. The topological polar surface area (TPSA) is 69.4 Å². The molecule has 0 aliphatic heterocycles. The number of hydrogen-bond acceptors (Lipinski definition) is 4. The Labute approximate surface area is 146 Å². The Kier molecular flexibility index (Phi) is 4.83. The Hall–Kier alpha value is -2.69. The van der Waals surface area contributed by atoms with Crippen LogP contribution in [0, 0.1) is 10.1 Å². The summed E-state index contributed by atoms with van der Waals surface area (Å²) in [6.07, 6.45) is 1.82. The number of nitro groups is 1. The summed E-state index contributed by atoms with van der Waals surface area (Å²) in [6.45, 7) is -0.305. The van der Waals surface area contributed by atoms with Crippen LogP contribution in [0.15, 0.2) is 54.6 Å². The van der Waals surface area contributed by atoms with Gasteiger partial charge in [-0.05, 0) is 24.5 Å². The van der Waals surface area contributed by atoms with Gasteiger partial charge in [0.1, 0.15) is 11.5 Å². The average molecular weight is 339 g/mol. The predicted molar refractivity (Wildman–Crippen MR) is 94.6 cm³/mol. The molecule has 2 atom stereocenters. The van der Waals surface area contributed by atoms with E-state index in [1.165, 1.54) is 0 Å². The molecule has 0 spiro atoms. The van der Waals surface area contributed by atoms with Crippen molar-refractivity contribution in [1.29, 1.82) is 0 Å². The van der Waals surface area contributed by atoms with Crippen LogP contribution in [0.25, 0.3) is 0 Å². The van der Waals surface area contributed by atoms with Gasteiger partial charge in [0, 0.05) is 16.9 Å². The number of Topliss-reactive ketones (excluding diaryl/α,β-unsaturated/α-hetero) is 1. The number of rotatable bonds is 6. The Morgan fingerprint density at radius 2 is 1.84 bits per heavy atom. The lowest BCUT2D eigenvalue weighted by atomic mass is 9.65. The summed E-state index contributed by atoms with van der Waals surface area (Å²) in [5.41, 5.74) is 0.708. The second-order valence-electron chi connectivity index (χ2n) is 6.42. The van der Waals surface area contributed by atoms with Crippen molar-refractivity contribution in [3.63, 3.8) is 0 Å². The van der Waals surface area contributed by atoms with Crippen molar-refractivity contribution in [2.45, 2.75) is 30.6 Å². The molecule has 0 bridgehead atoms. The summed E-state index contributed by atoms with van der Waals surface area (Å²) in [7, 11) is 1.55. The molecule has 3 rings (SSSR count). The molecule has 2 aromatic carbocycles. The van der Waals surface area contributed by atoms with Gasteiger partial charge in [-0.1, -0.05) is 48.5 Å². The number of nitrogens with zero attached hydrogens (tertiary/aromatic N) is 1. The van der Waals surface area contributed by atoms with Crippen LogP contribution < -0.4 is 4.74 Å². The molecular weight excluding hydrogens is 318 g/mol. The molecule has 0 heterocycles. The van der Waals surface area contributed by atoms with Gasteiger partial charge in [0.2, 0.25) is 6.54 Å². The Morgan fingerprint density at radius 3 is 2.44 bits per heavy atom. The van der Waals surface area contributed by atoms with Crippen LogP contribution in [0.5, 0.6) is 5.75 Å². The third kappa shape index (κ3) is 3.02. The van der Waals surface area contributed by atoms with Gasteiger partial charge in [0.25, 0.3) is 0 Å². The van der Waals surface area contributed by atoms with Crippen molar-refractivity contribution in [2.75, 3.05) is 13.7 Å². The molecule has 1 aliphatic rings. The van der Waals surface area contributed by atoms with E-state index in [1.54, 1.807) is 13.2 Å². The molecule has 1 saturated carbocycles.